The van der Waals surface area contributed by atoms with Crippen LogP contribution in [0.25, 0.3) is 0 Å². The monoisotopic (exact) mass is 328 g/mol. The van der Waals surface area contributed by atoms with Crippen LogP contribution in [0.2, 0.25) is 0 Å². The Morgan fingerprint density at radius 3 is 2.78 bits per heavy atom. The Labute approximate surface area is 119 Å². The van der Waals surface area contributed by atoms with Gasteiger partial charge in [0.15, 0.2) is 0 Å². The molecular weight excluding hydrogens is 312 g/mol. The normalized spacial score (nSPS) is 13.2. The number of hydrogen-bond acceptors (Lipinski definition) is 4. The molecule has 2 heterocycles. The van der Waals surface area contributed by atoms with Gasteiger partial charge in [-0.3, -0.25) is 4.68 Å². The second kappa shape index (κ2) is 5.50. The summed E-state index contributed by atoms with van der Waals surface area (Å²) in [6.07, 6.45) is 2.55. The van der Waals surface area contributed by atoms with E-state index in [1.54, 1.807) is 11.3 Å². The molecule has 2 N–H and O–H groups in total. The van der Waals surface area contributed by atoms with Crippen LogP contribution in [0.4, 0.5) is 0 Å². The van der Waals surface area contributed by atoms with Crippen LogP contribution in [0.15, 0.2) is 16.0 Å². The third-order valence-corrected chi connectivity index (χ3v) is 4.29. The molecule has 18 heavy (non-hydrogen) atoms. The van der Waals surface area contributed by atoms with Crippen molar-refractivity contribution in [2.75, 3.05) is 0 Å². The van der Waals surface area contributed by atoms with Crippen molar-refractivity contribution in [3.8, 4) is 0 Å². The lowest BCUT2D eigenvalue weighted by Crippen LogP contribution is -2.20. The Balaban J connectivity index is 2.23. The summed E-state index contributed by atoms with van der Waals surface area (Å²) in [6.45, 7) is 6.20. The topological polar surface area (TPSA) is 56.7 Å². The molecule has 0 bridgehead atoms. The van der Waals surface area contributed by atoms with Gasteiger partial charge in [-0.1, -0.05) is 0 Å². The molecule has 0 amide bonds. The Hall–Kier alpha value is -0.720. The van der Waals surface area contributed by atoms with Gasteiger partial charge in [0.05, 0.1) is 27.4 Å². The first-order valence-corrected chi connectivity index (χ1v) is 7.55. The molecule has 0 aliphatic rings. The number of thiazole rings is 1. The predicted molar refractivity (Wildman–Crippen MR) is 77.8 cm³/mol. The average Bonchev–Trinajstić information content (AvgIpc) is 2.85. The molecule has 4 nitrogen and oxygen atoms in total. The van der Waals surface area contributed by atoms with Gasteiger partial charge < -0.3 is 5.73 Å². The van der Waals surface area contributed by atoms with Crippen LogP contribution in [0.5, 0.6) is 0 Å². The largest absolute Gasteiger partial charge is 0.322 e. The van der Waals surface area contributed by atoms with Gasteiger partial charge in [0.1, 0.15) is 0 Å². The standard InChI is InChI=1S/C12H17BrN4S/c1-7(2)17-12(9(13)5-15-17)10(14)4-11-16-8(3)6-18-11/h5-7,10H,4,14H2,1-3H3. The first-order chi connectivity index (χ1) is 8.49. The molecule has 6 heteroatoms. The van der Waals surface area contributed by atoms with Crippen LogP contribution in [0.3, 0.4) is 0 Å². The summed E-state index contributed by atoms with van der Waals surface area (Å²) in [4.78, 5) is 4.46. The highest BCUT2D eigenvalue weighted by Crippen LogP contribution is 2.27. The van der Waals surface area contributed by atoms with Crippen molar-refractivity contribution in [1.29, 1.82) is 0 Å². The lowest BCUT2D eigenvalue weighted by Gasteiger charge is -2.16. The zero-order valence-electron chi connectivity index (χ0n) is 10.7. The second-order valence-electron chi connectivity index (χ2n) is 4.61. The molecule has 0 aliphatic heterocycles. The summed E-state index contributed by atoms with van der Waals surface area (Å²) in [5.74, 6) is 0. The Morgan fingerprint density at radius 2 is 2.22 bits per heavy atom. The summed E-state index contributed by atoms with van der Waals surface area (Å²) in [6, 6.07) is 0.213. The van der Waals surface area contributed by atoms with E-state index < -0.39 is 0 Å². The molecule has 2 aromatic rings. The Kier molecular flexibility index (Phi) is 4.19. The van der Waals surface area contributed by atoms with Gasteiger partial charge in [0.2, 0.25) is 0 Å². The van der Waals surface area contributed by atoms with Gasteiger partial charge in [-0.2, -0.15) is 5.10 Å². The van der Waals surface area contributed by atoms with E-state index in [1.807, 2.05) is 17.8 Å². The lowest BCUT2D eigenvalue weighted by molar-refractivity contribution is 0.484. The highest BCUT2D eigenvalue weighted by atomic mass is 79.9. The SMILES string of the molecule is Cc1csc(CC(N)c2c(Br)cnn2C(C)C)n1. The van der Waals surface area contributed by atoms with Crippen molar-refractivity contribution >= 4 is 27.3 Å². The Morgan fingerprint density at radius 1 is 1.50 bits per heavy atom. The molecule has 2 aromatic heterocycles. The minimum Gasteiger partial charge on any atom is -0.322 e. The maximum absolute atomic E-state index is 6.30. The number of halogens is 1. The van der Waals surface area contributed by atoms with Gasteiger partial charge >= 0.3 is 0 Å². The summed E-state index contributed by atoms with van der Waals surface area (Å²) in [5, 5.41) is 7.48. The van der Waals surface area contributed by atoms with Gasteiger partial charge in [-0.15, -0.1) is 11.3 Å². The van der Waals surface area contributed by atoms with E-state index in [0.29, 0.717) is 6.04 Å². The number of hydrogen-bond donors (Lipinski definition) is 1. The lowest BCUT2D eigenvalue weighted by atomic mass is 10.1. The van der Waals surface area contributed by atoms with Crippen LogP contribution in [-0.2, 0) is 6.42 Å². The average molecular weight is 329 g/mol. The molecule has 0 aliphatic carbocycles. The molecule has 1 atom stereocenters. The molecule has 1 unspecified atom stereocenters. The van der Waals surface area contributed by atoms with E-state index in [2.05, 4.69) is 45.2 Å². The summed E-state index contributed by atoms with van der Waals surface area (Å²) < 4.78 is 2.94. The number of nitrogens with zero attached hydrogens (tertiary/aromatic N) is 3. The highest BCUT2D eigenvalue weighted by molar-refractivity contribution is 9.10. The van der Waals surface area contributed by atoms with Gasteiger partial charge in [-0.25, -0.2) is 4.98 Å². The smallest absolute Gasteiger partial charge is 0.0947 e. The van der Waals surface area contributed by atoms with E-state index in [4.69, 9.17) is 5.73 Å². The molecule has 0 aromatic carbocycles. The fourth-order valence-corrected chi connectivity index (χ4v) is 3.29. The zero-order valence-corrected chi connectivity index (χ0v) is 13.1. The Bertz CT molecular complexity index is 532. The summed E-state index contributed by atoms with van der Waals surface area (Å²) in [7, 11) is 0. The van der Waals surface area contributed by atoms with Crippen LogP contribution >= 0.6 is 27.3 Å². The highest BCUT2D eigenvalue weighted by Gasteiger charge is 2.19. The number of rotatable bonds is 4. The maximum atomic E-state index is 6.30. The van der Waals surface area contributed by atoms with Gasteiger partial charge in [-0.05, 0) is 36.7 Å². The fourth-order valence-electron chi connectivity index (χ4n) is 1.89. The van der Waals surface area contributed by atoms with E-state index in [-0.39, 0.29) is 6.04 Å². The second-order valence-corrected chi connectivity index (χ2v) is 6.41. The molecule has 0 saturated heterocycles. The van der Waals surface area contributed by atoms with E-state index >= 15 is 0 Å². The first-order valence-electron chi connectivity index (χ1n) is 5.88. The van der Waals surface area contributed by atoms with Crippen molar-refractivity contribution in [3.63, 3.8) is 0 Å². The summed E-state index contributed by atoms with van der Waals surface area (Å²) in [5.41, 5.74) is 8.39. The third kappa shape index (κ3) is 2.81. The molecule has 0 radical (unpaired) electrons. The minimum atomic E-state index is -0.0881. The summed E-state index contributed by atoms with van der Waals surface area (Å²) >= 11 is 5.18. The van der Waals surface area contributed by atoms with Crippen LogP contribution in [-0.4, -0.2) is 14.8 Å². The van der Waals surface area contributed by atoms with E-state index in [0.717, 1.165) is 27.3 Å². The van der Waals surface area contributed by atoms with Crippen LogP contribution in [0.1, 0.15) is 42.3 Å². The van der Waals surface area contributed by atoms with E-state index in [9.17, 15) is 0 Å². The quantitative estimate of drug-likeness (QED) is 0.937. The van der Waals surface area contributed by atoms with Crippen molar-refractivity contribution in [3.05, 3.63) is 32.4 Å². The predicted octanol–water partition coefficient (Wildman–Crippen LogP) is 3.23. The van der Waals surface area contributed by atoms with Crippen LogP contribution < -0.4 is 5.73 Å². The molecule has 0 fully saturated rings. The first kappa shape index (κ1) is 13.7. The number of nitrogens with two attached hydrogens (primary N) is 1. The maximum Gasteiger partial charge on any atom is 0.0947 e. The molecule has 0 saturated carbocycles. The van der Waals surface area contributed by atoms with Crippen molar-refractivity contribution in [1.82, 2.24) is 14.8 Å². The molecule has 98 valence electrons. The van der Waals surface area contributed by atoms with E-state index in [1.165, 1.54) is 0 Å². The minimum absolute atomic E-state index is 0.0881. The zero-order chi connectivity index (χ0) is 13.3. The van der Waals surface area contributed by atoms with Crippen molar-refractivity contribution < 1.29 is 0 Å². The van der Waals surface area contributed by atoms with Gasteiger partial charge in [0, 0.05) is 23.5 Å². The van der Waals surface area contributed by atoms with Crippen LogP contribution in [0, 0.1) is 6.92 Å². The number of aryl methyl sites for hydroxylation is 1. The molecule has 2 rings (SSSR count). The molecule has 0 spiro atoms. The number of aromatic nitrogens is 3. The van der Waals surface area contributed by atoms with Crippen molar-refractivity contribution in [2.24, 2.45) is 5.73 Å². The van der Waals surface area contributed by atoms with Crippen molar-refractivity contribution in [2.45, 2.75) is 39.3 Å². The third-order valence-electron chi connectivity index (χ3n) is 2.69. The van der Waals surface area contributed by atoms with Gasteiger partial charge in [0.25, 0.3) is 0 Å². The molecular formula is C12H17BrN4S. The fraction of sp³-hybridized carbons (Fsp3) is 0.500.